The lowest BCUT2D eigenvalue weighted by Crippen LogP contribution is -2.43. The van der Waals surface area contributed by atoms with E-state index in [4.69, 9.17) is 9.84 Å². The van der Waals surface area contributed by atoms with Gasteiger partial charge in [0.05, 0.1) is 6.61 Å². The van der Waals surface area contributed by atoms with Gasteiger partial charge in [-0.3, -0.25) is 23.7 Å². The normalized spacial score (nSPS) is 31.4. The van der Waals surface area contributed by atoms with E-state index in [0.717, 1.165) is 26.1 Å². The molecule has 27 heavy (non-hydrogen) atoms. The van der Waals surface area contributed by atoms with E-state index in [1.807, 2.05) is 10.1 Å². The average molecular weight is 411 g/mol. The number of ether oxygens (including phenoxy) is 1. The Morgan fingerprint density at radius 2 is 2.22 bits per heavy atom. The number of aliphatic hydroxyl groups is 1. The van der Waals surface area contributed by atoms with Crippen LogP contribution in [0.5, 0.6) is 0 Å². The maximum atomic E-state index is 14.9. The molecule has 1 fully saturated rings. The minimum absolute atomic E-state index is 0.713. The number of rotatable bonds is 7. The number of nitrogens with zero attached hydrogens (tertiary/aromatic N) is 1. The van der Waals surface area contributed by atoms with Crippen molar-refractivity contribution in [3.63, 3.8) is 0 Å². The Morgan fingerprint density at radius 1 is 1.59 bits per heavy atom. The number of aliphatic carboxylic acids is 1. The molecule has 0 radical (unpaired) electrons. The van der Waals surface area contributed by atoms with E-state index in [2.05, 4.69) is 4.52 Å². The maximum Gasteiger partial charge on any atom is 0.403 e. The fourth-order valence-electron chi connectivity index (χ4n) is 2.47. The van der Waals surface area contributed by atoms with Crippen LogP contribution in [0.2, 0.25) is 0 Å². The van der Waals surface area contributed by atoms with Crippen LogP contribution in [0, 0.1) is 0 Å². The SMILES string of the molecule is CC(NP(=O)(O)OCC1OC(n2ccc(=O)[nH]c2=O)C(C)(F)C1O)C(=O)O. The number of carboxylic acids is 1. The molecule has 0 aromatic carbocycles. The first kappa shape index (κ1) is 21.4. The molecule has 152 valence electrons. The molecule has 0 bridgehead atoms. The van der Waals surface area contributed by atoms with Crippen molar-refractivity contribution >= 4 is 13.7 Å². The Bertz CT molecular complexity index is 869. The number of aromatic amines is 1. The molecule has 1 aromatic rings. The lowest BCUT2D eigenvalue weighted by Gasteiger charge is -2.24. The van der Waals surface area contributed by atoms with Crippen LogP contribution in [-0.4, -0.2) is 61.2 Å². The molecule has 1 aliphatic rings. The van der Waals surface area contributed by atoms with Crippen LogP contribution >= 0.6 is 7.75 Å². The molecule has 2 heterocycles. The molecule has 6 atom stereocenters. The molecule has 0 spiro atoms. The number of aromatic nitrogens is 2. The minimum atomic E-state index is -4.59. The summed E-state index contributed by atoms with van der Waals surface area (Å²) in [7, 11) is -4.59. The van der Waals surface area contributed by atoms with Gasteiger partial charge in [0, 0.05) is 12.3 Å². The third-order valence-corrected chi connectivity index (χ3v) is 5.17. The number of H-pyrrole nitrogens is 1. The van der Waals surface area contributed by atoms with E-state index in [0.29, 0.717) is 4.57 Å². The number of hydrogen-bond acceptors (Lipinski definition) is 7. The van der Waals surface area contributed by atoms with E-state index in [1.54, 1.807) is 0 Å². The fourth-order valence-corrected chi connectivity index (χ4v) is 3.50. The number of nitrogens with one attached hydrogen (secondary N) is 2. The highest BCUT2D eigenvalue weighted by atomic mass is 31.2. The van der Waals surface area contributed by atoms with Crippen LogP contribution in [-0.2, 0) is 18.6 Å². The van der Waals surface area contributed by atoms with Gasteiger partial charge in [0.15, 0.2) is 11.9 Å². The lowest BCUT2D eigenvalue weighted by atomic mass is 9.98. The molecular formula is C13H19FN3O9P. The summed E-state index contributed by atoms with van der Waals surface area (Å²) in [6, 6.07) is -0.454. The molecule has 2 rings (SSSR count). The van der Waals surface area contributed by atoms with E-state index in [1.165, 1.54) is 0 Å². The highest BCUT2D eigenvalue weighted by Crippen LogP contribution is 2.43. The zero-order valence-electron chi connectivity index (χ0n) is 14.2. The van der Waals surface area contributed by atoms with Gasteiger partial charge in [-0.1, -0.05) is 0 Å². The minimum Gasteiger partial charge on any atom is -0.480 e. The molecule has 0 saturated carbocycles. The second kappa shape index (κ2) is 7.62. The van der Waals surface area contributed by atoms with Crippen molar-refractivity contribution in [2.75, 3.05) is 6.61 Å². The maximum absolute atomic E-state index is 14.9. The number of alkyl halides is 1. The summed E-state index contributed by atoms with van der Waals surface area (Å²) in [5.74, 6) is -1.40. The van der Waals surface area contributed by atoms with Gasteiger partial charge in [-0.2, -0.15) is 0 Å². The molecule has 0 aliphatic carbocycles. The molecule has 6 unspecified atom stereocenters. The van der Waals surface area contributed by atoms with Gasteiger partial charge in [0.25, 0.3) is 5.56 Å². The predicted octanol–water partition coefficient (Wildman–Crippen LogP) is -1.30. The van der Waals surface area contributed by atoms with Gasteiger partial charge in [-0.05, 0) is 13.8 Å². The number of halogens is 1. The number of aliphatic hydroxyl groups excluding tert-OH is 1. The van der Waals surface area contributed by atoms with E-state index in [9.17, 15) is 33.3 Å². The summed E-state index contributed by atoms with van der Waals surface area (Å²) in [5, 5.41) is 20.7. The molecule has 1 aromatic heterocycles. The zero-order valence-corrected chi connectivity index (χ0v) is 15.1. The standard InChI is InChI=1S/C13H19FN3O9P/c1-6(10(20)21)16-27(23,24)25-5-7-9(19)13(2,14)11(26-7)17-4-3-8(18)15-12(17)22/h3-4,6-7,9,11,19H,5H2,1-2H3,(H,20,21)(H,15,18,22)(H2,16,23,24). The van der Waals surface area contributed by atoms with E-state index >= 15 is 0 Å². The Morgan fingerprint density at radius 3 is 2.78 bits per heavy atom. The summed E-state index contributed by atoms with van der Waals surface area (Å²) in [6.07, 6.45) is -3.97. The second-order valence-electron chi connectivity index (χ2n) is 6.15. The monoisotopic (exact) mass is 411 g/mol. The molecule has 1 aliphatic heterocycles. The van der Waals surface area contributed by atoms with Crippen molar-refractivity contribution < 1.29 is 38.1 Å². The van der Waals surface area contributed by atoms with Crippen LogP contribution in [0.15, 0.2) is 21.9 Å². The zero-order chi connectivity index (χ0) is 20.6. The fraction of sp³-hybridized carbons (Fsp3) is 0.615. The van der Waals surface area contributed by atoms with E-state index in [-0.39, 0.29) is 0 Å². The van der Waals surface area contributed by atoms with Crippen LogP contribution in [0.3, 0.4) is 0 Å². The third kappa shape index (κ3) is 4.69. The molecule has 5 N–H and O–H groups in total. The Labute approximate surface area is 151 Å². The van der Waals surface area contributed by atoms with Crippen molar-refractivity contribution in [1.82, 2.24) is 14.6 Å². The van der Waals surface area contributed by atoms with Crippen LogP contribution in [0.25, 0.3) is 0 Å². The van der Waals surface area contributed by atoms with E-state index < -0.39 is 61.7 Å². The molecule has 14 heteroatoms. The Hall–Kier alpha value is -1.89. The van der Waals surface area contributed by atoms with Gasteiger partial charge in [-0.15, -0.1) is 0 Å². The first-order valence-corrected chi connectivity index (χ1v) is 9.25. The largest absolute Gasteiger partial charge is 0.480 e. The van der Waals surface area contributed by atoms with Crippen molar-refractivity contribution in [2.24, 2.45) is 0 Å². The van der Waals surface area contributed by atoms with Crippen LogP contribution in [0.4, 0.5) is 4.39 Å². The van der Waals surface area contributed by atoms with Crippen LogP contribution < -0.4 is 16.3 Å². The second-order valence-corrected chi connectivity index (χ2v) is 7.70. The Balaban J connectivity index is 2.14. The quantitative estimate of drug-likeness (QED) is 0.339. The molecular weight excluding hydrogens is 392 g/mol. The molecule has 12 nitrogen and oxygen atoms in total. The summed E-state index contributed by atoms with van der Waals surface area (Å²) in [4.78, 5) is 45.2. The van der Waals surface area contributed by atoms with Gasteiger partial charge in [-0.25, -0.2) is 18.8 Å². The topological polar surface area (TPSA) is 180 Å². The highest BCUT2D eigenvalue weighted by Gasteiger charge is 2.55. The van der Waals surface area contributed by atoms with Crippen molar-refractivity contribution in [2.45, 2.75) is 44.0 Å². The molecule has 0 amide bonds. The van der Waals surface area contributed by atoms with Crippen molar-refractivity contribution in [1.29, 1.82) is 0 Å². The smallest absolute Gasteiger partial charge is 0.403 e. The van der Waals surface area contributed by atoms with Gasteiger partial charge in [0.2, 0.25) is 0 Å². The summed E-state index contributed by atoms with van der Waals surface area (Å²) >= 11 is 0. The molecule has 1 saturated heterocycles. The van der Waals surface area contributed by atoms with Gasteiger partial charge in [0.1, 0.15) is 18.2 Å². The summed E-state index contributed by atoms with van der Waals surface area (Å²) in [6.45, 7) is 1.28. The average Bonchev–Trinajstić information content (AvgIpc) is 2.76. The number of hydrogen-bond donors (Lipinski definition) is 5. The predicted molar refractivity (Wildman–Crippen MR) is 86.8 cm³/mol. The lowest BCUT2D eigenvalue weighted by molar-refractivity contribution is -0.138. The first-order chi connectivity index (χ1) is 12.3. The van der Waals surface area contributed by atoms with Gasteiger partial charge < -0.3 is 19.8 Å². The van der Waals surface area contributed by atoms with Gasteiger partial charge >= 0.3 is 19.4 Å². The van der Waals surface area contributed by atoms with Crippen molar-refractivity contribution in [3.05, 3.63) is 33.1 Å². The Kier molecular flexibility index (Phi) is 6.04. The van der Waals surface area contributed by atoms with Crippen LogP contribution in [0.1, 0.15) is 20.1 Å². The number of carboxylic acid groups (broad SMARTS) is 1. The number of carbonyl (C=O) groups is 1. The first-order valence-electron chi connectivity index (χ1n) is 7.67. The van der Waals surface area contributed by atoms with Crippen molar-refractivity contribution in [3.8, 4) is 0 Å². The highest BCUT2D eigenvalue weighted by molar-refractivity contribution is 7.50. The third-order valence-electron chi connectivity index (χ3n) is 3.96. The summed E-state index contributed by atoms with van der Waals surface area (Å²) in [5.41, 5.74) is -4.19. The summed E-state index contributed by atoms with van der Waals surface area (Å²) < 4.78 is 37.4.